The minimum atomic E-state index is -0.894. The van der Waals surface area contributed by atoms with E-state index in [1.54, 1.807) is 17.9 Å². The van der Waals surface area contributed by atoms with Crippen molar-refractivity contribution in [2.45, 2.75) is 12.8 Å². The largest absolute Gasteiger partial charge is 0.462 e. The second kappa shape index (κ2) is 8.59. The molecule has 0 spiro atoms. The van der Waals surface area contributed by atoms with Crippen LogP contribution in [0.4, 0.5) is 0 Å². The minimum absolute atomic E-state index is 0.0473. The predicted octanol–water partition coefficient (Wildman–Crippen LogP) is 2.42. The molecule has 2 aliphatic heterocycles. The van der Waals surface area contributed by atoms with Crippen molar-refractivity contribution < 1.29 is 23.8 Å². The highest BCUT2D eigenvalue weighted by Crippen LogP contribution is 2.41. The number of hydrogen-bond donors (Lipinski definition) is 1. The van der Waals surface area contributed by atoms with Crippen LogP contribution >= 0.6 is 0 Å². The van der Waals surface area contributed by atoms with Gasteiger partial charge in [0.05, 0.1) is 19.8 Å². The molecule has 30 heavy (non-hydrogen) atoms. The van der Waals surface area contributed by atoms with Crippen molar-refractivity contribution in [2.75, 3.05) is 32.9 Å². The highest BCUT2D eigenvalue weighted by Gasteiger charge is 2.41. The van der Waals surface area contributed by atoms with E-state index in [9.17, 15) is 9.59 Å². The number of carbonyl (C=O) groups excluding carboxylic acids is 2. The minimum Gasteiger partial charge on any atom is -0.462 e. The molecule has 1 fully saturated rings. The van der Waals surface area contributed by atoms with Crippen LogP contribution in [0.25, 0.3) is 11.1 Å². The van der Waals surface area contributed by atoms with E-state index < -0.39 is 11.9 Å². The lowest BCUT2D eigenvalue weighted by atomic mass is 9.85. The number of nitrogens with two attached hydrogens (primary N) is 1. The number of morpholine rings is 1. The molecule has 2 N–H and O–H groups in total. The molecule has 0 aromatic heterocycles. The first kappa shape index (κ1) is 20.0. The second-order valence-electron chi connectivity index (χ2n) is 7.09. The SMILES string of the molecule is CCOC(=O)C1=C(N)Oc2ccc(-c3ccccc3)cc2C1C(=O)N1CCOCC1. The smallest absolute Gasteiger partial charge is 0.340 e. The van der Waals surface area contributed by atoms with Crippen LogP contribution in [0.3, 0.4) is 0 Å². The summed E-state index contributed by atoms with van der Waals surface area (Å²) in [7, 11) is 0. The van der Waals surface area contributed by atoms with Gasteiger partial charge < -0.3 is 24.8 Å². The van der Waals surface area contributed by atoms with Crippen molar-refractivity contribution in [3.05, 3.63) is 65.6 Å². The maximum absolute atomic E-state index is 13.5. The van der Waals surface area contributed by atoms with Crippen molar-refractivity contribution >= 4 is 11.9 Å². The van der Waals surface area contributed by atoms with Gasteiger partial charge in [0, 0.05) is 18.7 Å². The maximum Gasteiger partial charge on any atom is 0.340 e. The molecule has 2 aromatic carbocycles. The van der Waals surface area contributed by atoms with Crippen LogP contribution in [0.5, 0.6) is 5.75 Å². The van der Waals surface area contributed by atoms with Gasteiger partial charge in [0.1, 0.15) is 17.2 Å². The third-order valence-corrected chi connectivity index (χ3v) is 5.27. The first-order chi connectivity index (χ1) is 14.6. The van der Waals surface area contributed by atoms with Crippen LogP contribution in [0.2, 0.25) is 0 Å². The lowest BCUT2D eigenvalue weighted by molar-refractivity contribution is -0.143. The molecule has 1 saturated heterocycles. The highest BCUT2D eigenvalue weighted by atomic mass is 16.5. The van der Waals surface area contributed by atoms with Gasteiger partial charge in [-0.15, -0.1) is 0 Å². The summed E-state index contributed by atoms with van der Waals surface area (Å²) in [6.07, 6.45) is 0. The fraction of sp³-hybridized carbons (Fsp3) is 0.304. The first-order valence-corrected chi connectivity index (χ1v) is 10.0. The van der Waals surface area contributed by atoms with E-state index in [0.29, 0.717) is 37.6 Å². The summed E-state index contributed by atoms with van der Waals surface area (Å²) in [5.74, 6) is -1.38. The van der Waals surface area contributed by atoms with E-state index in [4.69, 9.17) is 19.9 Å². The van der Waals surface area contributed by atoms with Crippen molar-refractivity contribution in [3.8, 4) is 16.9 Å². The Hall–Kier alpha value is -3.32. The summed E-state index contributed by atoms with van der Waals surface area (Å²) in [4.78, 5) is 28.0. The summed E-state index contributed by atoms with van der Waals surface area (Å²) >= 11 is 0. The molecule has 7 heteroatoms. The van der Waals surface area contributed by atoms with Gasteiger partial charge in [0.15, 0.2) is 0 Å². The second-order valence-corrected chi connectivity index (χ2v) is 7.09. The molecule has 1 atom stereocenters. The Morgan fingerprint density at radius 2 is 1.83 bits per heavy atom. The zero-order valence-electron chi connectivity index (χ0n) is 16.8. The molecule has 0 aliphatic carbocycles. The Balaban J connectivity index is 1.81. The van der Waals surface area contributed by atoms with Crippen LogP contribution < -0.4 is 10.5 Å². The number of hydrogen-bond acceptors (Lipinski definition) is 6. The summed E-state index contributed by atoms with van der Waals surface area (Å²) in [6, 6.07) is 15.4. The van der Waals surface area contributed by atoms with Gasteiger partial charge >= 0.3 is 5.97 Å². The van der Waals surface area contributed by atoms with Gasteiger partial charge in [0.25, 0.3) is 0 Å². The Morgan fingerprint density at radius 3 is 2.53 bits per heavy atom. The van der Waals surface area contributed by atoms with Gasteiger partial charge in [-0.2, -0.15) is 0 Å². The lowest BCUT2D eigenvalue weighted by Crippen LogP contribution is -2.45. The van der Waals surface area contributed by atoms with E-state index in [-0.39, 0.29) is 24.0 Å². The van der Waals surface area contributed by atoms with Crippen LogP contribution in [0.1, 0.15) is 18.4 Å². The Bertz CT molecular complexity index is 980. The molecule has 7 nitrogen and oxygen atoms in total. The Labute approximate surface area is 175 Å². The van der Waals surface area contributed by atoms with Crippen LogP contribution in [0, 0.1) is 0 Å². The van der Waals surface area contributed by atoms with Gasteiger partial charge in [-0.1, -0.05) is 36.4 Å². The van der Waals surface area contributed by atoms with Crippen LogP contribution in [-0.2, 0) is 19.1 Å². The molecule has 1 amide bonds. The molecule has 1 unspecified atom stereocenters. The van der Waals surface area contributed by atoms with E-state index in [1.165, 1.54) is 0 Å². The molecule has 2 aromatic rings. The van der Waals surface area contributed by atoms with Crippen molar-refractivity contribution in [1.29, 1.82) is 0 Å². The topological polar surface area (TPSA) is 91.1 Å². The van der Waals surface area contributed by atoms with Crippen LogP contribution in [0.15, 0.2) is 60.0 Å². The number of nitrogens with zero attached hydrogens (tertiary/aromatic N) is 1. The average Bonchev–Trinajstić information content (AvgIpc) is 2.78. The van der Waals surface area contributed by atoms with Crippen molar-refractivity contribution in [1.82, 2.24) is 4.90 Å². The summed E-state index contributed by atoms with van der Waals surface area (Å²) in [5.41, 5.74) is 8.66. The zero-order chi connectivity index (χ0) is 21.1. The number of carbonyl (C=O) groups is 2. The van der Waals surface area contributed by atoms with E-state index in [2.05, 4.69) is 0 Å². The molecule has 2 aliphatic rings. The lowest BCUT2D eigenvalue weighted by Gasteiger charge is -2.34. The standard InChI is InChI=1S/C23H24N2O5/c1-2-29-23(27)20-19(22(26)25-10-12-28-13-11-25)17-14-16(15-6-4-3-5-7-15)8-9-18(17)30-21(20)24/h3-9,14,19H,2,10-13,24H2,1H3. The molecule has 0 saturated carbocycles. The third kappa shape index (κ3) is 3.76. The quantitative estimate of drug-likeness (QED) is 0.782. The van der Waals surface area contributed by atoms with Crippen molar-refractivity contribution in [2.24, 2.45) is 5.73 Å². The van der Waals surface area contributed by atoms with Crippen molar-refractivity contribution in [3.63, 3.8) is 0 Å². The molecule has 4 rings (SSSR count). The fourth-order valence-corrected chi connectivity index (χ4v) is 3.80. The van der Waals surface area contributed by atoms with Crippen LogP contribution in [-0.4, -0.2) is 49.7 Å². The summed E-state index contributed by atoms with van der Waals surface area (Å²) < 4.78 is 16.3. The third-order valence-electron chi connectivity index (χ3n) is 5.27. The van der Waals surface area contributed by atoms with E-state index in [0.717, 1.165) is 11.1 Å². The number of amides is 1. The molecule has 0 radical (unpaired) electrons. The van der Waals surface area contributed by atoms with Gasteiger partial charge in [-0.25, -0.2) is 4.79 Å². The van der Waals surface area contributed by atoms with E-state index >= 15 is 0 Å². The first-order valence-electron chi connectivity index (χ1n) is 10.0. The zero-order valence-corrected chi connectivity index (χ0v) is 16.8. The number of ether oxygens (including phenoxy) is 3. The molecule has 156 valence electrons. The van der Waals surface area contributed by atoms with Gasteiger partial charge in [0.2, 0.25) is 11.8 Å². The average molecular weight is 408 g/mol. The highest BCUT2D eigenvalue weighted by molar-refractivity contribution is 6.02. The predicted molar refractivity (Wildman–Crippen MR) is 110 cm³/mol. The maximum atomic E-state index is 13.5. The molecular weight excluding hydrogens is 384 g/mol. The Morgan fingerprint density at radius 1 is 1.10 bits per heavy atom. The summed E-state index contributed by atoms with van der Waals surface area (Å²) in [5, 5.41) is 0. The molecule has 0 bridgehead atoms. The van der Waals surface area contributed by atoms with Gasteiger partial charge in [-0.3, -0.25) is 4.79 Å². The molecular formula is C23H24N2O5. The van der Waals surface area contributed by atoms with E-state index in [1.807, 2.05) is 42.5 Å². The Kier molecular flexibility index (Phi) is 5.72. The normalized spacial score (nSPS) is 18.4. The number of rotatable bonds is 4. The number of benzene rings is 2. The fourth-order valence-electron chi connectivity index (χ4n) is 3.80. The number of esters is 1. The van der Waals surface area contributed by atoms with Gasteiger partial charge in [-0.05, 0) is 30.2 Å². The summed E-state index contributed by atoms with van der Waals surface area (Å²) in [6.45, 7) is 3.71. The molecule has 2 heterocycles. The number of fused-ring (bicyclic) bond motifs is 1. The monoisotopic (exact) mass is 408 g/mol.